The minimum Gasteiger partial charge on any atom is -0.393 e. The van der Waals surface area contributed by atoms with Gasteiger partial charge in [-0.2, -0.15) is 0 Å². The van der Waals surface area contributed by atoms with Gasteiger partial charge in [-0.1, -0.05) is 30.3 Å². The fraction of sp³-hybridized carbons (Fsp3) is 0.632. The molecule has 1 saturated heterocycles. The molecule has 0 unspecified atom stereocenters. The molecule has 126 valence electrons. The van der Waals surface area contributed by atoms with E-state index in [-0.39, 0.29) is 17.4 Å². The third kappa shape index (κ3) is 4.55. The number of likely N-dealkylation sites (tertiary alicyclic amines) is 1. The summed E-state index contributed by atoms with van der Waals surface area (Å²) in [6.45, 7) is 3.73. The van der Waals surface area contributed by atoms with Crippen LogP contribution in [0.25, 0.3) is 0 Å². The number of nitrogens with one attached hydrogen (secondary N) is 1. The van der Waals surface area contributed by atoms with Crippen molar-refractivity contribution < 1.29 is 9.90 Å². The van der Waals surface area contributed by atoms with E-state index >= 15 is 0 Å². The molecule has 3 rings (SSSR count). The molecule has 1 saturated carbocycles. The van der Waals surface area contributed by atoms with E-state index in [2.05, 4.69) is 22.3 Å². The van der Waals surface area contributed by atoms with Crippen LogP contribution < -0.4 is 5.32 Å². The van der Waals surface area contributed by atoms with Gasteiger partial charge >= 0.3 is 0 Å². The normalized spacial score (nSPS) is 21.1. The molecule has 1 heterocycles. The fourth-order valence-corrected chi connectivity index (χ4v) is 3.46. The Morgan fingerprint density at radius 1 is 1.22 bits per heavy atom. The highest BCUT2D eigenvalue weighted by Gasteiger charge is 2.49. The molecule has 23 heavy (non-hydrogen) atoms. The van der Waals surface area contributed by atoms with Crippen molar-refractivity contribution in [3.63, 3.8) is 0 Å². The van der Waals surface area contributed by atoms with Gasteiger partial charge in [0.25, 0.3) is 0 Å². The standard InChI is InChI=1S/C19H28N2O2/c22-17-7-13-21(14-8-17)12-4-11-20-18(23)19(9-10-19)15-16-5-2-1-3-6-16/h1-3,5-6,17,22H,4,7-15H2,(H,20,23). The molecule has 0 aromatic heterocycles. The van der Waals surface area contributed by atoms with Crippen molar-refractivity contribution in [2.24, 2.45) is 5.41 Å². The molecule has 0 atom stereocenters. The summed E-state index contributed by atoms with van der Waals surface area (Å²) >= 11 is 0. The van der Waals surface area contributed by atoms with Crippen LogP contribution in [-0.2, 0) is 11.2 Å². The van der Waals surface area contributed by atoms with E-state index in [9.17, 15) is 9.90 Å². The quantitative estimate of drug-likeness (QED) is 0.756. The maximum absolute atomic E-state index is 12.5. The Hall–Kier alpha value is -1.39. The molecular weight excluding hydrogens is 288 g/mol. The first-order chi connectivity index (χ1) is 11.2. The van der Waals surface area contributed by atoms with Gasteiger partial charge in [-0.05, 0) is 50.6 Å². The van der Waals surface area contributed by atoms with Gasteiger partial charge in [0.05, 0.1) is 11.5 Å². The molecule has 1 aromatic rings. The van der Waals surface area contributed by atoms with E-state index in [0.29, 0.717) is 0 Å². The summed E-state index contributed by atoms with van der Waals surface area (Å²) in [4.78, 5) is 14.9. The molecule has 1 amide bonds. The molecule has 0 spiro atoms. The lowest BCUT2D eigenvalue weighted by atomic mass is 9.95. The van der Waals surface area contributed by atoms with E-state index in [0.717, 1.165) is 64.7 Å². The molecule has 0 bridgehead atoms. The lowest BCUT2D eigenvalue weighted by molar-refractivity contribution is -0.126. The summed E-state index contributed by atoms with van der Waals surface area (Å²) in [5.74, 6) is 0.232. The topological polar surface area (TPSA) is 52.6 Å². The van der Waals surface area contributed by atoms with E-state index in [1.807, 2.05) is 18.2 Å². The maximum atomic E-state index is 12.5. The lowest BCUT2D eigenvalue weighted by Gasteiger charge is -2.29. The highest BCUT2D eigenvalue weighted by Crippen LogP contribution is 2.48. The number of rotatable bonds is 7. The molecule has 4 heteroatoms. The Labute approximate surface area is 138 Å². The molecule has 1 aromatic carbocycles. The van der Waals surface area contributed by atoms with Gasteiger partial charge in [-0.15, -0.1) is 0 Å². The minimum absolute atomic E-state index is 0.112. The Bertz CT molecular complexity index is 505. The molecular formula is C19H28N2O2. The van der Waals surface area contributed by atoms with Crippen LogP contribution in [-0.4, -0.2) is 48.2 Å². The van der Waals surface area contributed by atoms with Crippen LogP contribution in [0.2, 0.25) is 0 Å². The van der Waals surface area contributed by atoms with Crippen molar-refractivity contribution in [3.05, 3.63) is 35.9 Å². The Kier molecular flexibility index (Phi) is 5.34. The second kappa shape index (κ2) is 7.45. The Morgan fingerprint density at radius 3 is 2.57 bits per heavy atom. The molecule has 4 nitrogen and oxygen atoms in total. The third-order valence-corrected chi connectivity index (χ3v) is 5.21. The van der Waals surface area contributed by atoms with Crippen molar-refractivity contribution in [1.82, 2.24) is 10.2 Å². The second-order valence-electron chi connectivity index (χ2n) is 7.12. The third-order valence-electron chi connectivity index (χ3n) is 5.21. The summed E-state index contributed by atoms with van der Waals surface area (Å²) in [5.41, 5.74) is 1.11. The van der Waals surface area contributed by atoms with Crippen molar-refractivity contribution in [2.75, 3.05) is 26.2 Å². The van der Waals surface area contributed by atoms with Gasteiger partial charge in [0.1, 0.15) is 0 Å². The number of piperidine rings is 1. The summed E-state index contributed by atoms with van der Waals surface area (Å²) in [7, 11) is 0. The van der Waals surface area contributed by atoms with Gasteiger partial charge in [0.15, 0.2) is 0 Å². The Morgan fingerprint density at radius 2 is 1.91 bits per heavy atom. The van der Waals surface area contributed by atoms with Crippen LogP contribution in [0.3, 0.4) is 0 Å². The summed E-state index contributed by atoms with van der Waals surface area (Å²) in [5, 5.41) is 12.6. The number of nitrogens with zero attached hydrogens (tertiary/aromatic N) is 1. The number of aliphatic hydroxyl groups excluding tert-OH is 1. The largest absolute Gasteiger partial charge is 0.393 e. The van der Waals surface area contributed by atoms with Crippen LogP contribution >= 0.6 is 0 Å². The predicted octanol–water partition coefficient (Wildman–Crippen LogP) is 1.97. The zero-order valence-corrected chi connectivity index (χ0v) is 13.8. The Balaban J connectivity index is 1.36. The average Bonchev–Trinajstić information content (AvgIpc) is 3.35. The highest BCUT2D eigenvalue weighted by molar-refractivity contribution is 5.85. The average molecular weight is 316 g/mol. The van der Waals surface area contributed by atoms with Crippen LogP contribution in [0.5, 0.6) is 0 Å². The van der Waals surface area contributed by atoms with E-state index in [1.54, 1.807) is 0 Å². The number of carbonyl (C=O) groups is 1. The number of carbonyl (C=O) groups excluding carboxylic acids is 1. The highest BCUT2D eigenvalue weighted by atomic mass is 16.3. The first-order valence-corrected chi connectivity index (χ1v) is 8.91. The molecule has 2 N–H and O–H groups in total. The van der Waals surface area contributed by atoms with Crippen LogP contribution in [0.4, 0.5) is 0 Å². The van der Waals surface area contributed by atoms with Crippen LogP contribution in [0.15, 0.2) is 30.3 Å². The molecule has 2 aliphatic rings. The summed E-state index contributed by atoms with van der Waals surface area (Å²) < 4.78 is 0. The van der Waals surface area contributed by atoms with Crippen LogP contribution in [0, 0.1) is 5.41 Å². The number of hydrogen-bond acceptors (Lipinski definition) is 3. The fourth-order valence-electron chi connectivity index (χ4n) is 3.46. The van der Waals surface area contributed by atoms with Crippen molar-refractivity contribution in [3.8, 4) is 0 Å². The lowest BCUT2D eigenvalue weighted by Crippen LogP contribution is -2.39. The van der Waals surface area contributed by atoms with Crippen molar-refractivity contribution in [1.29, 1.82) is 0 Å². The zero-order valence-electron chi connectivity index (χ0n) is 13.8. The second-order valence-corrected chi connectivity index (χ2v) is 7.12. The number of hydrogen-bond donors (Lipinski definition) is 2. The van der Waals surface area contributed by atoms with E-state index in [1.165, 1.54) is 5.56 Å². The summed E-state index contributed by atoms with van der Waals surface area (Å²) in [6, 6.07) is 10.3. The van der Waals surface area contributed by atoms with Gasteiger partial charge in [-0.3, -0.25) is 4.79 Å². The summed E-state index contributed by atoms with van der Waals surface area (Å²) in [6.07, 6.45) is 5.53. The monoisotopic (exact) mass is 316 g/mol. The van der Waals surface area contributed by atoms with Crippen molar-refractivity contribution >= 4 is 5.91 Å². The predicted molar refractivity (Wildman–Crippen MR) is 91.1 cm³/mol. The molecule has 1 aliphatic carbocycles. The molecule has 0 radical (unpaired) electrons. The number of amides is 1. The van der Waals surface area contributed by atoms with Gasteiger partial charge in [0.2, 0.25) is 5.91 Å². The van der Waals surface area contributed by atoms with E-state index < -0.39 is 0 Å². The first kappa shape index (κ1) is 16.5. The first-order valence-electron chi connectivity index (χ1n) is 8.91. The smallest absolute Gasteiger partial charge is 0.226 e. The zero-order chi connectivity index (χ0) is 16.1. The van der Waals surface area contributed by atoms with Gasteiger partial charge in [-0.25, -0.2) is 0 Å². The van der Waals surface area contributed by atoms with E-state index in [4.69, 9.17) is 0 Å². The number of benzene rings is 1. The number of aliphatic hydroxyl groups is 1. The maximum Gasteiger partial charge on any atom is 0.226 e. The molecule has 2 fully saturated rings. The van der Waals surface area contributed by atoms with Crippen molar-refractivity contribution in [2.45, 2.75) is 44.6 Å². The van der Waals surface area contributed by atoms with Crippen LogP contribution in [0.1, 0.15) is 37.7 Å². The SMILES string of the molecule is O=C(NCCCN1CCC(O)CC1)C1(Cc2ccccc2)CC1. The minimum atomic E-state index is -0.142. The van der Waals surface area contributed by atoms with Gasteiger partial charge in [0, 0.05) is 19.6 Å². The molecule has 1 aliphatic heterocycles. The van der Waals surface area contributed by atoms with Gasteiger partial charge < -0.3 is 15.3 Å².